The molecule has 37 heavy (non-hydrogen) atoms. The van der Waals surface area contributed by atoms with Crippen LogP contribution in [0.15, 0.2) is 30.5 Å². The molecular weight excluding hydrogens is 512 g/mol. The number of nitrogens with zero attached hydrogens (tertiary/aromatic N) is 4. The Morgan fingerprint density at radius 3 is 2.76 bits per heavy atom. The van der Waals surface area contributed by atoms with Gasteiger partial charge in [-0.05, 0) is 18.6 Å². The summed E-state index contributed by atoms with van der Waals surface area (Å²) in [6.07, 6.45) is -0.931. The molecule has 0 saturated carbocycles. The predicted octanol–water partition coefficient (Wildman–Crippen LogP) is 2.36. The topological polar surface area (TPSA) is 127 Å². The van der Waals surface area contributed by atoms with Gasteiger partial charge in [0.2, 0.25) is 11.8 Å². The molecule has 0 radical (unpaired) electrons. The third kappa shape index (κ3) is 5.12. The van der Waals surface area contributed by atoms with Crippen LogP contribution < -0.4 is 5.32 Å². The molecule has 0 unspecified atom stereocenters. The van der Waals surface area contributed by atoms with Crippen molar-refractivity contribution in [3.05, 3.63) is 58.3 Å². The van der Waals surface area contributed by atoms with E-state index in [1.807, 2.05) is 6.92 Å². The van der Waals surface area contributed by atoms with Gasteiger partial charge in [-0.15, -0.1) is 0 Å². The van der Waals surface area contributed by atoms with Crippen LogP contribution in [0.25, 0.3) is 10.9 Å². The number of aryl methyl sites for hydroxylation is 1. The first kappa shape index (κ1) is 26.4. The molecule has 1 aliphatic rings. The minimum absolute atomic E-state index is 0.115. The Balaban J connectivity index is 1.58. The molecule has 1 fully saturated rings. The van der Waals surface area contributed by atoms with E-state index in [1.54, 1.807) is 6.07 Å². The van der Waals surface area contributed by atoms with Crippen molar-refractivity contribution < 1.29 is 33.0 Å². The molecule has 3 heterocycles. The van der Waals surface area contributed by atoms with Crippen LogP contribution in [0.4, 0.5) is 8.78 Å². The van der Waals surface area contributed by atoms with Crippen molar-refractivity contribution in [1.82, 2.24) is 25.0 Å². The molecule has 2 N–H and O–H groups in total. The highest BCUT2D eigenvalue weighted by atomic mass is 35.5. The van der Waals surface area contributed by atoms with Crippen LogP contribution in [0.3, 0.4) is 0 Å². The average molecular weight is 536 g/mol. The van der Waals surface area contributed by atoms with Crippen molar-refractivity contribution in [1.29, 1.82) is 0 Å². The zero-order valence-corrected chi connectivity index (χ0v) is 20.7. The number of nitrogens with one attached hydrogen (secondary N) is 1. The maximum absolute atomic E-state index is 14.8. The Hall–Kier alpha value is -3.64. The summed E-state index contributed by atoms with van der Waals surface area (Å²) in [4.78, 5) is 43.3. The molecule has 1 aromatic carbocycles. The smallest absolute Gasteiger partial charge is 0.357 e. The molecule has 2 amide bonds. The molecule has 1 saturated heterocycles. The van der Waals surface area contributed by atoms with Crippen LogP contribution in [0, 0.1) is 5.82 Å². The van der Waals surface area contributed by atoms with Crippen LogP contribution in [0.2, 0.25) is 5.02 Å². The zero-order chi connectivity index (χ0) is 26.9. The number of ether oxygens (including phenoxy) is 1. The number of aromatic nitrogens is 3. The first-order valence-electron chi connectivity index (χ1n) is 11.4. The van der Waals surface area contributed by atoms with Gasteiger partial charge in [0.15, 0.2) is 5.69 Å². The van der Waals surface area contributed by atoms with Crippen LogP contribution in [-0.2, 0) is 33.8 Å². The molecule has 13 heteroatoms. The zero-order valence-electron chi connectivity index (χ0n) is 20.0. The number of benzene rings is 1. The van der Waals surface area contributed by atoms with Gasteiger partial charge < -0.3 is 20.1 Å². The Morgan fingerprint density at radius 1 is 1.32 bits per heavy atom. The number of amides is 2. The summed E-state index contributed by atoms with van der Waals surface area (Å²) in [6.45, 7) is 0.729. The summed E-state index contributed by atoms with van der Waals surface area (Å²) in [5.41, 5.74) is 0.819. The third-order valence-electron chi connectivity index (χ3n) is 6.26. The summed E-state index contributed by atoms with van der Waals surface area (Å²) in [7, 11) is 1.22. The number of carboxylic acids is 1. The lowest BCUT2D eigenvalue weighted by Crippen LogP contribution is -2.51. The predicted molar refractivity (Wildman–Crippen MR) is 128 cm³/mol. The number of carboxylic acid groups (broad SMARTS) is 1. The molecule has 0 bridgehead atoms. The Morgan fingerprint density at radius 2 is 2.08 bits per heavy atom. The van der Waals surface area contributed by atoms with E-state index in [9.17, 15) is 28.3 Å². The molecule has 196 valence electrons. The number of fused-ring (bicyclic) bond motifs is 1. The maximum Gasteiger partial charge on any atom is 0.357 e. The molecule has 10 nitrogen and oxygen atoms in total. The van der Waals surface area contributed by atoms with E-state index < -0.39 is 55.0 Å². The number of likely N-dealkylation sites (tertiary alicyclic amines) is 1. The molecule has 1 aliphatic heterocycles. The van der Waals surface area contributed by atoms with Gasteiger partial charge in [-0.2, -0.15) is 5.10 Å². The van der Waals surface area contributed by atoms with Crippen molar-refractivity contribution >= 4 is 40.3 Å². The molecule has 2 aromatic heterocycles. The number of aromatic carboxylic acids is 1. The highest BCUT2D eigenvalue weighted by Crippen LogP contribution is 2.26. The van der Waals surface area contributed by atoms with Crippen molar-refractivity contribution in [2.24, 2.45) is 0 Å². The molecule has 4 rings (SSSR count). The molecule has 0 aliphatic carbocycles. The van der Waals surface area contributed by atoms with Crippen LogP contribution in [-0.4, -0.2) is 74.5 Å². The largest absolute Gasteiger partial charge is 0.476 e. The number of rotatable bonds is 8. The van der Waals surface area contributed by atoms with Crippen molar-refractivity contribution in [2.75, 3.05) is 13.7 Å². The van der Waals surface area contributed by atoms with Gasteiger partial charge in [-0.1, -0.05) is 30.7 Å². The van der Waals surface area contributed by atoms with Gasteiger partial charge in [0, 0.05) is 30.3 Å². The first-order chi connectivity index (χ1) is 17.7. The standard InChI is InChI=1S/C24H24ClF2N5O5/c1-3-13-7-14-17(9-28-13)32(30-20(14)24(35)36)11-18(33)31-10-16(26)22(37-2)21(31)23(34)29-8-12-5-4-6-15(25)19(12)27/h4-7,9,16,21-22H,3,8,10-11H2,1-2H3,(H,29,34)(H,35,36)/t16-,21-,22+/m0/s1. The number of carbonyl (C=O) groups is 3. The van der Waals surface area contributed by atoms with Gasteiger partial charge in [-0.25, -0.2) is 13.6 Å². The lowest BCUT2D eigenvalue weighted by atomic mass is 10.1. The van der Waals surface area contributed by atoms with E-state index in [0.717, 1.165) is 9.58 Å². The Labute approximate surface area is 215 Å². The first-order valence-corrected chi connectivity index (χ1v) is 11.8. The lowest BCUT2D eigenvalue weighted by molar-refractivity contribution is -0.141. The van der Waals surface area contributed by atoms with Gasteiger partial charge in [0.05, 0.1) is 23.3 Å². The van der Waals surface area contributed by atoms with E-state index >= 15 is 0 Å². The van der Waals surface area contributed by atoms with Gasteiger partial charge in [0.25, 0.3) is 0 Å². The Bertz CT molecular complexity index is 1370. The van der Waals surface area contributed by atoms with Crippen molar-refractivity contribution in [3.63, 3.8) is 0 Å². The summed E-state index contributed by atoms with van der Waals surface area (Å²) in [6, 6.07) is 4.56. The van der Waals surface area contributed by atoms with Crippen LogP contribution in [0.5, 0.6) is 0 Å². The summed E-state index contributed by atoms with van der Waals surface area (Å²) >= 11 is 5.78. The number of methoxy groups -OCH3 is 1. The number of hydrogen-bond donors (Lipinski definition) is 2. The quantitative estimate of drug-likeness (QED) is 0.453. The summed E-state index contributed by atoms with van der Waals surface area (Å²) < 4.78 is 35.4. The van der Waals surface area contributed by atoms with E-state index in [4.69, 9.17) is 16.3 Å². The molecule has 3 atom stereocenters. The highest BCUT2D eigenvalue weighted by molar-refractivity contribution is 6.30. The fraction of sp³-hybridized carbons (Fsp3) is 0.375. The van der Waals surface area contributed by atoms with Crippen LogP contribution in [0.1, 0.15) is 28.7 Å². The van der Waals surface area contributed by atoms with E-state index in [2.05, 4.69) is 15.4 Å². The lowest BCUT2D eigenvalue weighted by Gasteiger charge is -2.26. The molecular formula is C24H24ClF2N5O5. The van der Waals surface area contributed by atoms with E-state index in [0.29, 0.717) is 23.0 Å². The van der Waals surface area contributed by atoms with Gasteiger partial charge >= 0.3 is 5.97 Å². The number of hydrogen-bond acceptors (Lipinski definition) is 6. The van der Waals surface area contributed by atoms with E-state index in [1.165, 1.54) is 31.5 Å². The fourth-order valence-electron chi connectivity index (χ4n) is 4.38. The second-order valence-corrected chi connectivity index (χ2v) is 8.90. The minimum Gasteiger partial charge on any atom is -0.476 e. The Kier molecular flexibility index (Phi) is 7.69. The monoisotopic (exact) mass is 535 g/mol. The normalized spacial score (nSPS) is 19.4. The summed E-state index contributed by atoms with van der Waals surface area (Å²) in [5, 5.41) is 16.3. The number of halogens is 3. The maximum atomic E-state index is 14.8. The van der Waals surface area contributed by atoms with Crippen molar-refractivity contribution in [2.45, 2.75) is 44.8 Å². The molecule has 3 aromatic rings. The number of pyridine rings is 1. The SMILES string of the molecule is CCc1cc2c(C(=O)O)nn(CC(=O)N3C[C@H](F)[C@@H](OC)[C@H]3C(=O)NCc3cccc(Cl)c3F)c2cn1. The highest BCUT2D eigenvalue weighted by Gasteiger charge is 2.48. The third-order valence-corrected chi connectivity index (χ3v) is 6.56. The number of carbonyl (C=O) groups excluding carboxylic acids is 2. The minimum atomic E-state index is -1.66. The van der Waals surface area contributed by atoms with Crippen LogP contribution >= 0.6 is 11.6 Å². The van der Waals surface area contributed by atoms with Crippen molar-refractivity contribution in [3.8, 4) is 0 Å². The molecule has 0 spiro atoms. The van der Waals surface area contributed by atoms with E-state index in [-0.39, 0.29) is 22.8 Å². The number of alkyl halides is 1. The fourth-order valence-corrected chi connectivity index (χ4v) is 4.58. The van der Waals surface area contributed by atoms with Gasteiger partial charge in [0.1, 0.15) is 30.7 Å². The second-order valence-electron chi connectivity index (χ2n) is 8.50. The summed E-state index contributed by atoms with van der Waals surface area (Å²) in [5.74, 6) is -3.41. The van der Waals surface area contributed by atoms with Gasteiger partial charge in [-0.3, -0.25) is 19.3 Å². The average Bonchev–Trinajstić information content (AvgIpc) is 3.41. The second kappa shape index (κ2) is 10.8.